The van der Waals surface area contributed by atoms with Crippen LogP contribution >= 0.6 is 0 Å². The summed E-state index contributed by atoms with van der Waals surface area (Å²) in [5.74, 6) is -0.611. The van der Waals surface area contributed by atoms with E-state index in [0.29, 0.717) is 11.4 Å². The molecule has 0 aromatic carbocycles. The van der Waals surface area contributed by atoms with Crippen molar-refractivity contribution in [3.63, 3.8) is 0 Å². The molecule has 0 aliphatic rings. The number of aromatic nitrogens is 2. The molecule has 108 valence electrons. The van der Waals surface area contributed by atoms with E-state index in [1.54, 1.807) is 20.8 Å². The zero-order valence-corrected chi connectivity index (χ0v) is 12.6. The largest absolute Gasteiger partial charge is 0.359 e. The first kappa shape index (κ1) is 15.6. The lowest BCUT2D eigenvalue weighted by Crippen LogP contribution is -2.37. The Kier molecular flexibility index (Phi) is 4.70. The van der Waals surface area contributed by atoms with Gasteiger partial charge in [0.05, 0.1) is 11.4 Å². The van der Waals surface area contributed by atoms with Gasteiger partial charge in [-0.05, 0) is 13.8 Å². The summed E-state index contributed by atoms with van der Waals surface area (Å²) >= 11 is 0. The van der Waals surface area contributed by atoms with E-state index < -0.39 is 15.9 Å². The predicted octanol–water partition coefficient (Wildman–Crippen LogP) is 0.0291. The normalized spacial score (nSPS) is 13.6. The molecule has 1 rings (SSSR count). The van der Waals surface area contributed by atoms with Crippen molar-refractivity contribution in [3.8, 4) is 0 Å². The lowest BCUT2D eigenvalue weighted by atomic mass is 10.2. The second-order valence-electron chi connectivity index (χ2n) is 4.56. The van der Waals surface area contributed by atoms with Crippen molar-refractivity contribution in [2.24, 2.45) is 5.92 Å². The number of amides is 1. The zero-order chi connectivity index (χ0) is 14.8. The molecular formula is C11H20N4O3S. The molecule has 19 heavy (non-hydrogen) atoms. The van der Waals surface area contributed by atoms with Crippen LogP contribution < -0.4 is 5.32 Å². The molecule has 1 unspecified atom stereocenters. The minimum absolute atomic E-state index is 0.117. The van der Waals surface area contributed by atoms with Crippen LogP contribution in [-0.4, -0.2) is 49.5 Å². The van der Waals surface area contributed by atoms with E-state index in [1.165, 1.54) is 18.4 Å². The first-order valence-corrected chi connectivity index (χ1v) is 7.35. The van der Waals surface area contributed by atoms with Crippen LogP contribution in [-0.2, 0) is 14.8 Å². The van der Waals surface area contributed by atoms with Crippen LogP contribution in [0.25, 0.3) is 0 Å². The average Bonchev–Trinajstić information content (AvgIpc) is 2.68. The molecule has 2 N–H and O–H groups in total. The maximum Gasteiger partial charge on any atom is 0.246 e. The number of carbonyl (C=O) groups is 1. The van der Waals surface area contributed by atoms with Crippen molar-refractivity contribution < 1.29 is 13.2 Å². The van der Waals surface area contributed by atoms with Crippen LogP contribution in [0.2, 0.25) is 0 Å². The van der Waals surface area contributed by atoms with E-state index in [0.717, 1.165) is 0 Å². The molecule has 1 aromatic heterocycles. The Balaban J connectivity index is 2.99. The van der Waals surface area contributed by atoms with Crippen LogP contribution in [0.5, 0.6) is 0 Å². The SMILES string of the molecule is CNC(=O)C(C)CN(C)S(=O)(=O)c1c(C)n[nH]c1C. The van der Waals surface area contributed by atoms with E-state index in [2.05, 4.69) is 15.5 Å². The third kappa shape index (κ3) is 3.13. The third-order valence-corrected chi connectivity index (χ3v) is 5.04. The number of hydrogen-bond acceptors (Lipinski definition) is 4. The van der Waals surface area contributed by atoms with Gasteiger partial charge in [-0.15, -0.1) is 0 Å². The number of nitrogens with zero attached hydrogens (tertiary/aromatic N) is 2. The van der Waals surface area contributed by atoms with Crippen molar-refractivity contribution in [3.05, 3.63) is 11.4 Å². The Labute approximate surface area is 113 Å². The maximum absolute atomic E-state index is 12.4. The molecule has 1 heterocycles. The molecule has 0 bridgehead atoms. The standard InChI is InChI=1S/C11H20N4O3S/c1-7(11(16)12-4)6-15(5)19(17,18)10-8(2)13-14-9(10)3/h7H,6H2,1-5H3,(H,12,16)(H,13,14). The third-order valence-electron chi connectivity index (χ3n) is 2.95. The van der Waals surface area contributed by atoms with Crippen molar-refractivity contribution in [1.29, 1.82) is 0 Å². The second-order valence-corrected chi connectivity index (χ2v) is 6.55. The van der Waals surface area contributed by atoms with Crippen LogP contribution in [0.15, 0.2) is 4.90 Å². The Hall–Kier alpha value is -1.41. The highest BCUT2D eigenvalue weighted by molar-refractivity contribution is 7.89. The number of aromatic amines is 1. The summed E-state index contributed by atoms with van der Waals surface area (Å²) in [4.78, 5) is 11.6. The number of carbonyl (C=O) groups excluding carboxylic acids is 1. The van der Waals surface area contributed by atoms with Gasteiger partial charge in [0.25, 0.3) is 0 Å². The Morgan fingerprint density at radius 1 is 1.47 bits per heavy atom. The molecule has 0 saturated heterocycles. The van der Waals surface area contributed by atoms with Crippen molar-refractivity contribution in [2.75, 3.05) is 20.6 Å². The monoisotopic (exact) mass is 288 g/mol. The Morgan fingerprint density at radius 2 is 2.05 bits per heavy atom. The number of rotatable bonds is 5. The highest BCUT2D eigenvalue weighted by Gasteiger charge is 2.29. The number of sulfonamides is 1. The van der Waals surface area contributed by atoms with Gasteiger partial charge in [-0.3, -0.25) is 9.89 Å². The minimum atomic E-state index is -3.63. The number of H-pyrrole nitrogens is 1. The molecule has 0 aliphatic heterocycles. The minimum Gasteiger partial charge on any atom is -0.359 e. The molecule has 0 aliphatic carbocycles. The summed E-state index contributed by atoms with van der Waals surface area (Å²) in [6.07, 6.45) is 0. The van der Waals surface area contributed by atoms with Crippen LogP contribution in [0.1, 0.15) is 18.3 Å². The average molecular weight is 288 g/mol. The van der Waals surface area contributed by atoms with Gasteiger partial charge in [0.15, 0.2) is 0 Å². The highest BCUT2D eigenvalue weighted by atomic mass is 32.2. The van der Waals surface area contributed by atoms with E-state index >= 15 is 0 Å². The fraction of sp³-hybridized carbons (Fsp3) is 0.636. The van der Waals surface area contributed by atoms with Gasteiger partial charge >= 0.3 is 0 Å². The second kappa shape index (κ2) is 5.70. The van der Waals surface area contributed by atoms with E-state index in [9.17, 15) is 13.2 Å². The number of nitrogens with one attached hydrogen (secondary N) is 2. The molecule has 1 aromatic rings. The fourth-order valence-electron chi connectivity index (χ4n) is 1.89. The smallest absolute Gasteiger partial charge is 0.246 e. The van der Waals surface area contributed by atoms with Crippen molar-refractivity contribution >= 4 is 15.9 Å². The summed E-state index contributed by atoms with van der Waals surface area (Å²) in [7, 11) is -0.650. The first-order chi connectivity index (χ1) is 8.71. The molecule has 0 fully saturated rings. The van der Waals surface area contributed by atoms with Gasteiger partial charge in [0.2, 0.25) is 15.9 Å². The van der Waals surface area contributed by atoms with Gasteiger partial charge in [0.1, 0.15) is 4.90 Å². The molecule has 1 atom stereocenters. The molecule has 1 amide bonds. The lowest BCUT2D eigenvalue weighted by molar-refractivity contribution is -0.124. The van der Waals surface area contributed by atoms with E-state index in [-0.39, 0.29) is 17.3 Å². The summed E-state index contributed by atoms with van der Waals surface area (Å²) in [6.45, 7) is 5.08. The first-order valence-electron chi connectivity index (χ1n) is 5.91. The topological polar surface area (TPSA) is 95.2 Å². The van der Waals surface area contributed by atoms with Gasteiger partial charge in [0, 0.05) is 26.6 Å². The molecule has 8 heteroatoms. The van der Waals surface area contributed by atoms with Crippen LogP contribution in [0.4, 0.5) is 0 Å². The van der Waals surface area contributed by atoms with E-state index in [1.807, 2.05) is 0 Å². The zero-order valence-electron chi connectivity index (χ0n) is 11.8. The molecule has 7 nitrogen and oxygen atoms in total. The number of aryl methyl sites for hydroxylation is 2. The predicted molar refractivity (Wildman–Crippen MR) is 71.1 cm³/mol. The lowest BCUT2D eigenvalue weighted by Gasteiger charge is -2.20. The van der Waals surface area contributed by atoms with Crippen molar-refractivity contribution in [1.82, 2.24) is 19.8 Å². The molecular weight excluding hydrogens is 268 g/mol. The molecule has 0 saturated carbocycles. The summed E-state index contributed by atoms with van der Waals surface area (Å²) in [6, 6.07) is 0. The van der Waals surface area contributed by atoms with Gasteiger partial charge in [-0.1, -0.05) is 6.92 Å². The van der Waals surface area contributed by atoms with Crippen LogP contribution in [0.3, 0.4) is 0 Å². The van der Waals surface area contributed by atoms with Gasteiger partial charge in [-0.2, -0.15) is 5.10 Å². The molecule has 0 spiro atoms. The van der Waals surface area contributed by atoms with Gasteiger partial charge < -0.3 is 5.32 Å². The maximum atomic E-state index is 12.4. The van der Waals surface area contributed by atoms with Crippen LogP contribution in [0, 0.1) is 19.8 Å². The Morgan fingerprint density at radius 3 is 2.47 bits per heavy atom. The summed E-state index contributed by atoms with van der Waals surface area (Å²) < 4.78 is 26.0. The van der Waals surface area contributed by atoms with E-state index in [4.69, 9.17) is 0 Å². The van der Waals surface area contributed by atoms with Crippen molar-refractivity contribution in [2.45, 2.75) is 25.7 Å². The summed E-state index contributed by atoms with van der Waals surface area (Å²) in [5.41, 5.74) is 0.925. The van der Waals surface area contributed by atoms with Gasteiger partial charge in [-0.25, -0.2) is 12.7 Å². The number of hydrogen-bond donors (Lipinski definition) is 2. The summed E-state index contributed by atoms with van der Waals surface area (Å²) in [5, 5.41) is 9.04. The Bertz CT molecular complexity index is 545. The highest BCUT2D eigenvalue weighted by Crippen LogP contribution is 2.21. The fourth-order valence-corrected chi connectivity index (χ4v) is 3.47. The molecule has 0 radical (unpaired) electrons. The quantitative estimate of drug-likeness (QED) is 0.799.